The van der Waals surface area contributed by atoms with Gasteiger partial charge < -0.3 is 4.74 Å². The molecule has 0 radical (unpaired) electrons. The number of carbonyl (C=O) groups is 1. The van der Waals surface area contributed by atoms with E-state index in [1.54, 1.807) is 0 Å². The number of methoxy groups -OCH3 is 1. The van der Waals surface area contributed by atoms with E-state index in [0.717, 1.165) is 37.5 Å². The number of carbonyl (C=O) groups excluding carboxylic acids is 1. The summed E-state index contributed by atoms with van der Waals surface area (Å²) in [6, 6.07) is 7.87. The van der Waals surface area contributed by atoms with Crippen molar-refractivity contribution >= 4 is 17.6 Å². The van der Waals surface area contributed by atoms with Crippen LogP contribution in [0.5, 0.6) is 0 Å². The fourth-order valence-corrected chi connectivity index (χ4v) is 2.53. The molecule has 0 saturated carbocycles. The molecular weight excluding hydrogens is 250 g/mol. The Balaban J connectivity index is 1.93. The van der Waals surface area contributed by atoms with Crippen LogP contribution in [0.4, 0.5) is 0 Å². The van der Waals surface area contributed by atoms with Crippen molar-refractivity contribution in [1.29, 1.82) is 0 Å². The molecule has 1 aliphatic heterocycles. The zero-order valence-corrected chi connectivity index (χ0v) is 11.3. The number of nitrogens with zero attached hydrogens (tertiary/aromatic N) is 1. The van der Waals surface area contributed by atoms with Gasteiger partial charge in [0.05, 0.1) is 13.0 Å². The first-order valence-electron chi connectivity index (χ1n) is 6.23. The highest BCUT2D eigenvalue weighted by Crippen LogP contribution is 2.20. The minimum absolute atomic E-state index is 0.0241. The highest BCUT2D eigenvalue weighted by molar-refractivity contribution is 6.30. The molecule has 0 aromatic heterocycles. The second-order valence-electron chi connectivity index (χ2n) is 4.72. The predicted molar refractivity (Wildman–Crippen MR) is 71.5 cm³/mol. The summed E-state index contributed by atoms with van der Waals surface area (Å²) in [5, 5.41) is 0.754. The Morgan fingerprint density at radius 1 is 1.44 bits per heavy atom. The summed E-state index contributed by atoms with van der Waals surface area (Å²) in [5.74, 6) is -0.0631. The molecule has 2 rings (SSSR count). The molecule has 4 heteroatoms. The van der Waals surface area contributed by atoms with Crippen LogP contribution < -0.4 is 0 Å². The monoisotopic (exact) mass is 267 g/mol. The quantitative estimate of drug-likeness (QED) is 0.789. The molecule has 1 saturated heterocycles. The molecule has 0 aliphatic carbocycles. The van der Waals surface area contributed by atoms with Crippen molar-refractivity contribution in [2.45, 2.75) is 19.4 Å². The lowest BCUT2D eigenvalue weighted by Crippen LogP contribution is -2.38. The number of hydrogen-bond acceptors (Lipinski definition) is 3. The van der Waals surface area contributed by atoms with Gasteiger partial charge in [0.15, 0.2) is 0 Å². The Morgan fingerprint density at radius 3 is 2.83 bits per heavy atom. The van der Waals surface area contributed by atoms with Gasteiger partial charge in [0, 0.05) is 18.1 Å². The number of benzene rings is 1. The predicted octanol–water partition coefficient (Wildman–Crippen LogP) is 2.73. The Kier molecular flexibility index (Phi) is 4.61. The van der Waals surface area contributed by atoms with Crippen molar-refractivity contribution in [3.05, 3.63) is 34.9 Å². The van der Waals surface area contributed by atoms with E-state index in [1.165, 1.54) is 12.7 Å². The number of ether oxygens (including phenoxy) is 1. The average Bonchev–Trinajstić information content (AvgIpc) is 2.41. The summed E-state index contributed by atoms with van der Waals surface area (Å²) in [6.07, 6.45) is 1.98. The van der Waals surface area contributed by atoms with Crippen LogP contribution in [0.1, 0.15) is 18.4 Å². The normalized spacial score (nSPS) is 20.7. The van der Waals surface area contributed by atoms with Crippen LogP contribution in [0, 0.1) is 5.92 Å². The minimum atomic E-state index is -0.0872. The van der Waals surface area contributed by atoms with Gasteiger partial charge in [-0.1, -0.05) is 23.7 Å². The highest BCUT2D eigenvalue weighted by Gasteiger charge is 2.26. The van der Waals surface area contributed by atoms with Gasteiger partial charge in [0.1, 0.15) is 0 Å². The summed E-state index contributed by atoms with van der Waals surface area (Å²) in [6.45, 7) is 2.69. The lowest BCUT2D eigenvalue weighted by molar-refractivity contribution is -0.147. The summed E-state index contributed by atoms with van der Waals surface area (Å²) in [5.41, 5.74) is 1.23. The minimum Gasteiger partial charge on any atom is -0.469 e. The average molecular weight is 268 g/mol. The second-order valence-corrected chi connectivity index (χ2v) is 5.16. The number of esters is 1. The fourth-order valence-electron chi connectivity index (χ4n) is 2.41. The van der Waals surface area contributed by atoms with E-state index < -0.39 is 0 Å². The smallest absolute Gasteiger partial charge is 0.309 e. The van der Waals surface area contributed by atoms with Gasteiger partial charge in [-0.05, 0) is 37.1 Å². The molecule has 1 fully saturated rings. The van der Waals surface area contributed by atoms with Crippen LogP contribution in [0.15, 0.2) is 24.3 Å². The van der Waals surface area contributed by atoms with Crippen molar-refractivity contribution in [2.24, 2.45) is 5.92 Å². The highest BCUT2D eigenvalue weighted by atomic mass is 35.5. The molecule has 0 spiro atoms. The van der Waals surface area contributed by atoms with Crippen LogP contribution in [-0.4, -0.2) is 31.1 Å². The Morgan fingerprint density at radius 2 is 2.17 bits per heavy atom. The van der Waals surface area contributed by atoms with E-state index in [1.807, 2.05) is 24.3 Å². The topological polar surface area (TPSA) is 29.5 Å². The number of piperidine rings is 1. The van der Waals surface area contributed by atoms with E-state index in [-0.39, 0.29) is 11.9 Å². The molecule has 98 valence electrons. The summed E-state index contributed by atoms with van der Waals surface area (Å²) >= 11 is 5.86. The van der Waals surface area contributed by atoms with E-state index in [4.69, 9.17) is 16.3 Å². The van der Waals surface area contributed by atoms with Crippen molar-refractivity contribution in [1.82, 2.24) is 4.90 Å². The molecule has 1 atom stereocenters. The van der Waals surface area contributed by atoms with Crippen LogP contribution in [0.2, 0.25) is 5.02 Å². The van der Waals surface area contributed by atoms with Crippen LogP contribution in [-0.2, 0) is 16.1 Å². The largest absolute Gasteiger partial charge is 0.469 e. The standard InChI is InChI=1S/C14H18ClNO2/c1-18-14(17)12-3-2-8-16(10-12)9-11-4-6-13(15)7-5-11/h4-7,12H,2-3,8-10H2,1H3/t12-/m0/s1. The number of likely N-dealkylation sites (tertiary alicyclic amines) is 1. The molecule has 3 nitrogen and oxygen atoms in total. The van der Waals surface area contributed by atoms with Gasteiger partial charge >= 0.3 is 5.97 Å². The van der Waals surface area contributed by atoms with E-state index >= 15 is 0 Å². The first-order chi connectivity index (χ1) is 8.69. The first kappa shape index (κ1) is 13.4. The van der Waals surface area contributed by atoms with Gasteiger partial charge in [-0.25, -0.2) is 0 Å². The molecule has 18 heavy (non-hydrogen) atoms. The zero-order chi connectivity index (χ0) is 13.0. The second kappa shape index (κ2) is 6.21. The molecular formula is C14H18ClNO2. The number of rotatable bonds is 3. The summed E-state index contributed by atoms with van der Waals surface area (Å²) in [7, 11) is 1.46. The van der Waals surface area contributed by atoms with Gasteiger partial charge in [-0.2, -0.15) is 0 Å². The summed E-state index contributed by atoms with van der Waals surface area (Å²) in [4.78, 5) is 13.8. The van der Waals surface area contributed by atoms with Gasteiger partial charge in [-0.15, -0.1) is 0 Å². The molecule has 0 bridgehead atoms. The zero-order valence-electron chi connectivity index (χ0n) is 10.6. The molecule has 1 aliphatic rings. The first-order valence-corrected chi connectivity index (χ1v) is 6.61. The van der Waals surface area contributed by atoms with Gasteiger partial charge in [-0.3, -0.25) is 9.69 Å². The van der Waals surface area contributed by atoms with E-state index in [9.17, 15) is 4.79 Å². The van der Waals surface area contributed by atoms with Crippen LogP contribution in [0.25, 0.3) is 0 Å². The molecule has 1 heterocycles. The van der Waals surface area contributed by atoms with Gasteiger partial charge in [0.25, 0.3) is 0 Å². The van der Waals surface area contributed by atoms with Crippen LogP contribution in [0.3, 0.4) is 0 Å². The lowest BCUT2D eigenvalue weighted by Gasteiger charge is -2.31. The third-order valence-corrected chi connectivity index (χ3v) is 3.61. The molecule has 1 aromatic rings. The van der Waals surface area contributed by atoms with Crippen LogP contribution >= 0.6 is 11.6 Å². The molecule has 0 N–H and O–H groups in total. The maximum atomic E-state index is 11.5. The maximum Gasteiger partial charge on any atom is 0.309 e. The van der Waals surface area contributed by atoms with Crippen molar-refractivity contribution < 1.29 is 9.53 Å². The third kappa shape index (κ3) is 3.47. The molecule has 1 aromatic carbocycles. The SMILES string of the molecule is COC(=O)[C@H]1CCCN(Cc2ccc(Cl)cc2)C1. The van der Waals surface area contributed by atoms with E-state index in [2.05, 4.69) is 4.90 Å². The molecule has 0 amide bonds. The van der Waals surface area contributed by atoms with Gasteiger partial charge in [0.2, 0.25) is 0 Å². The fraction of sp³-hybridized carbons (Fsp3) is 0.500. The molecule has 0 unspecified atom stereocenters. The van der Waals surface area contributed by atoms with Crippen molar-refractivity contribution in [3.63, 3.8) is 0 Å². The number of hydrogen-bond donors (Lipinski definition) is 0. The van der Waals surface area contributed by atoms with Crippen molar-refractivity contribution in [2.75, 3.05) is 20.2 Å². The maximum absolute atomic E-state index is 11.5. The Bertz CT molecular complexity index is 405. The summed E-state index contributed by atoms with van der Waals surface area (Å²) < 4.78 is 4.82. The number of halogens is 1. The Hall–Kier alpha value is -1.06. The van der Waals surface area contributed by atoms with Crippen molar-refractivity contribution in [3.8, 4) is 0 Å². The lowest BCUT2D eigenvalue weighted by atomic mass is 9.98. The third-order valence-electron chi connectivity index (χ3n) is 3.36. The Labute approximate surface area is 113 Å². The van der Waals surface area contributed by atoms with E-state index in [0.29, 0.717) is 0 Å².